The van der Waals surface area contributed by atoms with E-state index in [0.29, 0.717) is 6.61 Å². The first kappa shape index (κ1) is 11.9. The molecular weight excluding hydrogens is 267 g/mol. The van der Waals surface area contributed by atoms with E-state index < -0.39 is 0 Å². The third-order valence-corrected chi connectivity index (χ3v) is 4.09. The maximum Gasteiger partial charge on any atom is 0.122 e. The van der Waals surface area contributed by atoms with Crippen molar-refractivity contribution in [2.24, 2.45) is 0 Å². The van der Waals surface area contributed by atoms with Crippen molar-refractivity contribution in [2.45, 2.75) is 11.3 Å². The van der Waals surface area contributed by atoms with E-state index >= 15 is 0 Å². The van der Waals surface area contributed by atoms with Gasteiger partial charge in [-0.15, -0.1) is 11.6 Å². The molecule has 0 bridgehead atoms. The van der Waals surface area contributed by atoms with Crippen molar-refractivity contribution in [2.75, 3.05) is 6.61 Å². The average molecular weight is 279 g/mol. The van der Waals surface area contributed by atoms with Crippen LogP contribution in [0.4, 0.5) is 0 Å². The Morgan fingerprint density at radius 3 is 2.56 bits per heavy atom. The zero-order valence-corrected chi connectivity index (χ0v) is 11.2. The first-order valence-corrected chi connectivity index (χ1v) is 6.68. The molecule has 2 aromatic carbocycles. The fourth-order valence-electron chi connectivity index (χ4n) is 2.31. The fraction of sp³-hybridized carbons (Fsp3) is 0.200. The number of para-hydroxylation sites is 1. The van der Waals surface area contributed by atoms with Crippen LogP contribution in [0, 0.1) is 0 Å². The molecule has 1 nitrogen and oxygen atoms in total. The van der Waals surface area contributed by atoms with Gasteiger partial charge < -0.3 is 4.74 Å². The summed E-state index contributed by atoms with van der Waals surface area (Å²) in [6, 6.07) is 15.8. The smallest absolute Gasteiger partial charge is 0.122 e. The van der Waals surface area contributed by atoms with Crippen LogP contribution < -0.4 is 4.74 Å². The van der Waals surface area contributed by atoms with Gasteiger partial charge in [0.15, 0.2) is 0 Å². The van der Waals surface area contributed by atoms with Gasteiger partial charge in [0.2, 0.25) is 0 Å². The SMILES string of the molecule is Clc1ccc(C(Cl)C2COc3ccccc32)cc1. The van der Waals surface area contributed by atoms with Crippen molar-refractivity contribution in [1.82, 2.24) is 0 Å². The summed E-state index contributed by atoms with van der Waals surface area (Å²) < 4.78 is 5.67. The molecule has 0 spiro atoms. The number of hydrogen-bond donors (Lipinski definition) is 0. The van der Waals surface area contributed by atoms with Gasteiger partial charge in [0.1, 0.15) is 5.75 Å². The molecule has 2 atom stereocenters. The summed E-state index contributed by atoms with van der Waals surface area (Å²) in [5, 5.41) is 0.636. The van der Waals surface area contributed by atoms with E-state index in [0.717, 1.165) is 16.3 Å². The van der Waals surface area contributed by atoms with Crippen molar-refractivity contribution in [3.8, 4) is 5.75 Å². The van der Waals surface area contributed by atoms with E-state index in [1.807, 2.05) is 42.5 Å². The molecule has 18 heavy (non-hydrogen) atoms. The molecule has 0 saturated heterocycles. The van der Waals surface area contributed by atoms with E-state index in [9.17, 15) is 0 Å². The van der Waals surface area contributed by atoms with Crippen LogP contribution >= 0.6 is 23.2 Å². The summed E-state index contributed by atoms with van der Waals surface area (Å²) in [4.78, 5) is 0. The van der Waals surface area contributed by atoms with Gasteiger partial charge in [0.05, 0.1) is 12.0 Å². The van der Waals surface area contributed by atoms with Crippen LogP contribution in [0.25, 0.3) is 0 Å². The molecule has 0 fully saturated rings. The molecule has 3 heteroatoms. The topological polar surface area (TPSA) is 9.23 Å². The lowest BCUT2D eigenvalue weighted by atomic mass is 9.93. The molecule has 92 valence electrons. The largest absolute Gasteiger partial charge is 0.493 e. The predicted molar refractivity (Wildman–Crippen MR) is 74.7 cm³/mol. The molecule has 2 aromatic rings. The molecule has 0 aliphatic carbocycles. The molecule has 2 unspecified atom stereocenters. The third-order valence-electron chi connectivity index (χ3n) is 3.28. The molecular formula is C15H12Cl2O. The van der Waals surface area contributed by atoms with E-state index in [-0.39, 0.29) is 11.3 Å². The summed E-state index contributed by atoms with van der Waals surface area (Å²) in [7, 11) is 0. The van der Waals surface area contributed by atoms with Gasteiger partial charge in [-0.05, 0) is 23.8 Å². The molecule has 1 aliphatic rings. The molecule has 0 N–H and O–H groups in total. The monoisotopic (exact) mass is 278 g/mol. The summed E-state index contributed by atoms with van der Waals surface area (Å²) in [6.45, 7) is 0.635. The Bertz CT molecular complexity index is 551. The summed E-state index contributed by atoms with van der Waals surface area (Å²) in [5.41, 5.74) is 2.26. The predicted octanol–water partition coefficient (Wildman–Crippen LogP) is 4.80. The number of halogens is 2. The number of ether oxygens (including phenoxy) is 1. The Kier molecular flexibility index (Phi) is 3.19. The van der Waals surface area contributed by atoms with Gasteiger partial charge in [0, 0.05) is 16.5 Å². The highest BCUT2D eigenvalue weighted by Gasteiger charge is 2.30. The number of fused-ring (bicyclic) bond motifs is 1. The molecule has 0 amide bonds. The average Bonchev–Trinajstić information content (AvgIpc) is 2.82. The van der Waals surface area contributed by atoms with Crippen LogP contribution in [-0.4, -0.2) is 6.61 Å². The zero-order chi connectivity index (χ0) is 12.5. The standard InChI is InChI=1S/C15H12Cl2O/c16-11-7-5-10(6-8-11)15(17)13-9-18-14-4-2-1-3-12(13)14/h1-8,13,15H,9H2. The minimum atomic E-state index is -0.0917. The normalized spacial score (nSPS) is 19.1. The van der Waals surface area contributed by atoms with Crippen LogP contribution in [-0.2, 0) is 0 Å². The van der Waals surface area contributed by atoms with Gasteiger partial charge in [-0.2, -0.15) is 0 Å². The summed E-state index contributed by atoms with van der Waals surface area (Å²) in [6.07, 6.45) is 0. The van der Waals surface area contributed by atoms with E-state index in [4.69, 9.17) is 27.9 Å². The maximum absolute atomic E-state index is 6.57. The third kappa shape index (κ3) is 2.09. The van der Waals surface area contributed by atoms with Crippen molar-refractivity contribution in [1.29, 1.82) is 0 Å². The van der Waals surface area contributed by atoms with E-state index in [1.165, 1.54) is 5.56 Å². The second-order valence-electron chi connectivity index (χ2n) is 4.41. The molecule has 0 radical (unpaired) electrons. The van der Waals surface area contributed by atoms with E-state index in [1.54, 1.807) is 0 Å². The first-order chi connectivity index (χ1) is 8.75. The van der Waals surface area contributed by atoms with Gasteiger partial charge in [-0.3, -0.25) is 0 Å². The lowest BCUT2D eigenvalue weighted by Gasteiger charge is -2.16. The Balaban J connectivity index is 1.90. The van der Waals surface area contributed by atoms with Crippen LogP contribution in [0.5, 0.6) is 5.75 Å². The second-order valence-corrected chi connectivity index (χ2v) is 5.32. The highest BCUT2D eigenvalue weighted by Crippen LogP contribution is 2.44. The van der Waals surface area contributed by atoms with Gasteiger partial charge >= 0.3 is 0 Å². The maximum atomic E-state index is 6.57. The number of rotatable bonds is 2. The Hall–Kier alpha value is -1.18. The van der Waals surface area contributed by atoms with Crippen molar-refractivity contribution >= 4 is 23.2 Å². The van der Waals surface area contributed by atoms with E-state index in [2.05, 4.69) is 6.07 Å². The van der Waals surface area contributed by atoms with Crippen LogP contribution in [0.3, 0.4) is 0 Å². The Labute approximate surface area is 116 Å². The molecule has 3 rings (SSSR count). The molecule has 0 saturated carbocycles. The van der Waals surface area contributed by atoms with Gasteiger partial charge in [-0.1, -0.05) is 41.9 Å². The summed E-state index contributed by atoms with van der Waals surface area (Å²) in [5.74, 6) is 1.14. The molecule has 1 aliphatic heterocycles. The number of benzene rings is 2. The van der Waals surface area contributed by atoms with Crippen LogP contribution in [0.15, 0.2) is 48.5 Å². The number of alkyl halides is 1. The van der Waals surface area contributed by atoms with Gasteiger partial charge in [0.25, 0.3) is 0 Å². The van der Waals surface area contributed by atoms with Crippen molar-refractivity contribution in [3.63, 3.8) is 0 Å². The Morgan fingerprint density at radius 1 is 1.06 bits per heavy atom. The van der Waals surface area contributed by atoms with Crippen molar-refractivity contribution < 1.29 is 4.74 Å². The minimum absolute atomic E-state index is 0.0917. The second kappa shape index (κ2) is 4.83. The zero-order valence-electron chi connectivity index (χ0n) is 9.64. The summed E-state index contributed by atoms with van der Waals surface area (Å²) >= 11 is 12.5. The highest BCUT2D eigenvalue weighted by molar-refractivity contribution is 6.30. The number of hydrogen-bond acceptors (Lipinski definition) is 1. The lowest BCUT2D eigenvalue weighted by molar-refractivity contribution is 0.328. The fourth-order valence-corrected chi connectivity index (χ4v) is 2.79. The van der Waals surface area contributed by atoms with Crippen molar-refractivity contribution in [3.05, 3.63) is 64.7 Å². The van der Waals surface area contributed by atoms with Gasteiger partial charge in [-0.25, -0.2) is 0 Å². The lowest BCUT2D eigenvalue weighted by Crippen LogP contribution is -2.07. The minimum Gasteiger partial charge on any atom is -0.493 e. The first-order valence-electron chi connectivity index (χ1n) is 5.87. The molecule has 1 heterocycles. The molecule has 0 aromatic heterocycles. The highest BCUT2D eigenvalue weighted by atomic mass is 35.5. The van der Waals surface area contributed by atoms with Crippen LogP contribution in [0.1, 0.15) is 22.4 Å². The van der Waals surface area contributed by atoms with Crippen LogP contribution in [0.2, 0.25) is 5.02 Å². The quantitative estimate of drug-likeness (QED) is 0.718. The Morgan fingerprint density at radius 2 is 1.78 bits per heavy atom.